The van der Waals surface area contributed by atoms with Gasteiger partial charge in [0, 0.05) is 4.47 Å². The maximum absolute atomic E-state index is 13.8. The average Bonchev–Trinajstić information content (AvgIpc) is 2.97. The third-order valence-corrected chi connectivity index (χ3v) is 7.53. The molecule has 0 atom stereocenters. The number of anilines is 2. The van der Waals surface area contributed by atoms with Gasteiger partial charge < -0.3 is 9.47 Å². The van der Waals surface area contributed by atoms with E-state index in [1.165, 1.54) is 9.80 Å². The number of methoxy groups -OCH3 is 1. The van der Waals surface area contributed by atoms with Gasteiger partial charge in [-0.25, -0.2) is 0 Å². The van der Waals surface area contributed by atoms with Crippen LogP contribution in [0.25, 0.3) is 6.08 Å². The quantitative estimate of drug-likeness (QED) is 0.121. The monoisotopic (exact) mass is 626 g/mol. The molecule has 5 rings (SSSR count). The van der Waals surface area contributed by atoms with E-state index in [1.54, 1.807) is 31.4 Å². The molecule has 4 aromatic rings. The highest BCUT2D eigenvalue weighted by Crippen LogP contribution is 2.33. The van der Waals surface area contributed by atoms with E-state index in [4.69, 9.17) is 21.7 Å². The fourth-order valence-electron chi connectivity index (χ4n) is 4.37. The molecule has 1 aliphatic rings. The summed E-state index contributed by atoms with van der Waals surface area (Å²) >= 11 is 9.16. The number of thiocarbonyl (C=S) groups is 1. The van der Waals surface area contributed by atoms with Crippen LogP contribution in [-0.4, -0.2) is 24.0 Å². The third kappa shape index (κ3) is 6.09. The van der Waals surface area contributed by atoms with Gasteiger partial charge in [-0.1, -0.05) is 69.5 Å². The lowest BCUT2D eigenvalue weighted by atomic mass is 10.0. The number of hydrogen-bond acceptors (Lipinski definition) is 5. The molecule has 0 bridgehead atoms. The lowest BCUT2D eigenvalue weighted by Crippen LogP contribution is -2.56. The van der Waals surface area contributed by atoms with Crippen LogP contribution in [0.5, 0.6) is 11.5 Å². The van der Waals surface area contributed by atoms with Gasteiger partial charge in [0.05, 0.1) is 18.5 Å². The summed E-state index contributed by atoms with van der Waals surface area (Å²) in [4.78, 5) is 30.5. The molecule has 0 saturated carbocycles. The van der Waals surface area contributed by atoms with Gasteiger partial charge in [0.25, 0.3) is 11.8 Å². The van der Waals surface area contributed by atoms with Crippen molar-refractivity contribution in [3.63, 3.8) is 0 Å². The fourth-order valence-corrected chi connectivity index (χ4v) is 5.02. The number of ether oxygens (including phenoxy) is 2. The Kier molecular flexibility index (Phi) is 8.33. The summed E-state index contributed by atoms with van der Waals surface area (Å²) in [5.41, 5.74) is 4.83. The van der Waals surface area contributed by atoms with Gasteiger partial charge in [-0.15, -0.1) is 0 Å². The van der Waals surface area contributed by atoms with E-state index in [9.17, 15) is 9.59 Å². The average molecular weight is 628 g/mol. The Morgan fingerprint density at radius 2 is 1.29 bits per heavy atom. The SMILES string of the molecule is COc1cc(C=C2C(=O)N(c3ccc(C)cc3)C(=S)N(c3ccc(C)cc3)C2=O)ccc1OCc1ccc(Br)cc1. The molecule has 0 radical (unpaired) electrons. The summed E-state index contributed by atoms with van der Waals surface area (Å²) in [6, 6.07) is 28.0. The zero-order valence-electron chi connectivity index (χ0n) is 22.8. The number of halogens is 1. The normalized spacial score (nSPS) is 13.5. The van der Waals surface area contributed by atoms with Gasteiger partial charge in [-0.3, -0.25) is 19.4 Å². The van der Waals surface area contributed by atoms with Crippen LogP contribution < -0.4 is 19.3 Å². The minimum atomic E-state index is -0.498. The molecule has 4 aromatic carbocycles. The number of nitrogens with zero attached hydrogens (tertiary/aromatic N) is 2. The molecule has 1 heterocycles. The first-order valence-electron chi connectivity index (χ1n) is 12.9. The Hall–Kier alpha value is -4.27. The van der Waals surface area contributed by atoms with Crippen molar-refractivity contribution in [2.24, 2.45) is 0 Å². The molecule has 1 saturated heterocycles. The highest BCUT2D eigenvalue weighted by molar-refractivity contribution is 9.10. The van der Waals surface area contributed by atoms with Crippen LogP contribution in [0.2, 0.25) is 0 Å². The Labute approximate surface area is 252 Å². The Morgan fingerprint density at radius 1 is 0.756 bits per heavy atom. The van der Waals surface area contributed by atoms with Gasteiger partial charge in [0.1, 0.15) is 12.2 Å². The first-order chi connectivity index (χ1) is 19.7. The zero-order valence-corrected chi connectivity index (χ0v) is 25.2. The zero-order chi connectivity index (χ0) is 29.1. The second-order valence-corrected chi connectivity index (χ2v) is 10.9. The van der Waals surface area contributed by atoms with Gasteiger partial charge in [0.15, 0.2) is 16.6 Å². The van der Waals surface area contributed by atoms with Crippen molar-refractivity contribution in [1.29, 1.82) is 0 Å². The van der Waals surface area contributed by atoms with Crippen LogP contribution in [0.3, 0.4) is 0 Å². The number of carbonyl (C=O) groups is 2. The fraction of sp³-hybridized carbons (Fsp3) is 0.121. The molecule has 0 spiro atoms. The summed E-state index contributed by atoms with van der Waals surface area (Å²) < 4.78 is 12.6. The summed E-state index contributed by atoms with van der Waals surface area (Å²) in [7, 11) is 1.55. The van der Waals surface area contributed by atoms with Crippen molar-refractivity contribution in [1.82, 2.24) is 0 Å². The van der Waals surface area contributed by atoms with Gasteiger partial charge in [-0.2, -0.15) is 0 Å². The highest BCUT2D eigenvalue weighted by Gasteiger charge is 2.41. The molecule has 1 aliphatic heterocycles. The highest BCUT2D eigenvalue weighted by atomic mass is 79.9. The van der Waals surface area contributed by atoms with Crippen molar-refractivity contribution in [3.8, 4) is 11.5 Å². The summed E-state index contributed by atoms with van der Waals surface area (Å²) in [5, 5.41) is 0.0964. The van der Waals surface area contributed by atoms with Crippen molar-refractivity contribution in [3.05, 3.63) is 123 Å². The molecule has 0 unspecified atom stereocenters. The van der Waals surface area contributed by atoms with E-state index in [2.05, 4.69) is 15.9 Å². The standard InChI is InChI=1S/C33H27BrN2O4S/c1-21-4-13-26(14-5-21)35-31(37)28(32(38)36(33(35)41)27-15-6-22(2)7-16-27)18-24-10-17-29(30(19-24)39-3)40-20-23-8-11-25(34)12-9-23/h4-19H,20H2,1-3H3. The predicted molar refractivity (Wildman–Crippen MR) is 169 cm³/mol. The van der Waals surface area contributed by atoms with E-state index in [1.807, 2.05) is 86.6 Å². The molecular formula is C33H27BrN2O4S. The van der Waals surface area contributed by atoms with Crippen molar-refractivity contribution >= 4 is 62.5 Å². The number of hydrogen-bond donors (Lipinski definition) is 0. The largest absolute Gasteiger partial charge is 0.493 e. The van der Waals surface area contributed by atoms with E-state index in [-0.39, 0.29) is 10.7 Å². The molecule has 2 amide bonds. The van der Waals surface area contributed by atoms with Crippen LogP contribution in [0.1, 0.15) is 22.3 Å². The lowest BCUT2D eigenvalue weighted by Gasteiger charge is -2.36. The maximum Gasteiger partial charge on any atom is 0.270 e. The Morgan fingerprint density at radius 3 is 1.80 bits per heavy atom. The molecule has 6 nitrogen and oxygen atoms in total. The number of amides is 2. The second kappa shape index (κ2) is 12.1. The molecule has 206 valence electrons. The summed E-state index contributed by atoms with van der Waals surface area (Å²) in [6.07, 6.45) is 1.57. The van der Waals surface area contributed by atoms with Crippen LogP contribution in [-0.2, 0) is 16.2 Å². The number of aryl methyl sites for hydroxylation is 2. The van der Waals surface area contributed by atoms with Crippen molar-refractivity contribution in [2.45, 2.75) is 20.5 Å². The predicted octanol–water partition coefficient (Wildman–Crippen LogP) is 7.40. The molecule has 0 aromatic heterocycles. The Balaban J connectivity index is 1.51. The molecule has 1 fully saturated rings. The molecule has 41 heavy (non-hydrogen) atoms. The van der Waals surface area contributed by atoms with Crippen LogP contribution >= 0.6 is 28.1 Å². The summed E-state index contributed by atoms with van der Waals surface area (Å²) in [5.74, 6) is 0.0274. The third-order valence-electron chi connectivity index (χ3n) is 6.64. The maximum atomic E-state index is 13.8. The van der Waals surface area contributed by atoms with Crippen LogP contribution in [0.4, 0.5) is 11.4 Å². The minimum Gasteiger partial charge on any atom is -0.493 e. The van der Waals surface area contributed by atoms with Crippen molar-refractivity contribution in [2.75, 3.05) is 16.9 Å². The smallest absolute Gasteiger partial charge is 0.270 e. The Bertz CT molecular complexity index is 1580. The van der Waals surface area contributed by atoms with E-state index >= 15 is 0 Å². The molecule has 0 N–H and O–H groups in total. The molecule has 0 aliphatic carbocycles. The van der Waals surface area contributed by atoms with E-state index in [0.717, 1.165) is 21.2 Å². The lowest BCUT2D eigenvalue weighted by molar-refractivity contribution is -0.120. The summed E-state index contributed by atoms with van der Waals surface area (Å²) in [6.45, 7) is 4.29. The van der Waals surface area contributed by atoms with E-state index < -0.39 is 11.8 Å². The minimum absolute atomic E-state index is 0.0228. The van der Waals surface area contributed by atoms with Crippen LogP contribution in [0.15, 0.2) is 101 Å². The second-order valence-electron chi connectivity index (χ2n) is 9.62. The first-order valence-corrected chi connectivity index (χ1v) is 14.1. The molecular weight excluding hydrogens is 600 g/mol. The number of rotatable bonds is 7. The number of benzene rings is 4. The number of carbonyl (C=O) groups excluding carboxylic acids is 2. The van der Waals surface area contributed by atoms with Gasteiger partial charge >= 0.3 is 0 Å². The van der Waals surface area contributed by atoms with Crippen LogP contribution in [0, 0.1) is 13.8 Å². The molecule has 8 heteroatoms. The van der Waals surface area contributed by atoms with E-state index in [0.29, 0.717) is 35.0 Å². The first kappa shape index (κ1) is 28.3. The van der Waals surface area contributed by atoms with Gasteiger partial charge in [0.2, 0.25) is 0 Å². The topological polar surface area (TPSA) is 59.1 Å². The van der Waals surface area contributed by atoms with Gasteiger partial charge in [-0.05, 0) is 91.8 Å². The van der Waals surface area contributed by atoms with Crippen molar-refractivity contribution < 1.29 is 19.1 Å².